The Morgan fingerprint density at radius 1 is 1.09 bits per heavy atom. The van der Waals surface area contributed by atoms with Gasteiger partial charge in [0.25, 0.3) is 11.8 Å². The molecule has 0 saturated heterocycles. The SMILES string of the molecule is O=C(O)[C@@H](CCN1C(=O)c2ccccc2C1=O)CC(=NO)c1ccc2c3c(oc2c1)CCC3. The third kappa shape index (κ3) is 3.57. The highest BCUT2D eigenvalue weighted by Crippen LogP contribution is 2.33. The van der Waals surface area contributed by atoms with E-state index in [2.05, 4.69) is 5.16 Å². The lowest BCUT2D eigenvalue weighted by Gasteiger charge is -2.18. The zero-order chi connectivity index (χ0) is 23.1. The van der Waals surface area contributed by atoms with E-state index in [-0.39, 0.29) is 25.1 Å². The van der Waals surface area contributed by atoms with Crippen LogP contribution in [0.3, 0.4) is 0 Å². The number of imide groups is 1. The van der Waals surface area contributed by atoms with Gasteiger partial charge in [-0.1, -0.05) is 29.4 Å². The summed E-state index contributed by atoms with van der Waals surface area (Å²) in [6.45, 7) is -0.0358. The van der Waals surface area contributed by atoms with Crippen LogP contribution in [-0.4, -0.2) is 45.3 Å². The lowest BCUT2D eigenvalue weighted by atomic mass is 9.94. The summed E-state index contributed by atoms with van der Waals surface area (Å²) in [6, 6.07) is 12.0. The molecule has 2 aromatic carbocycles. The van der Waals surface area contributed by atoms with Gasteiger partial charge in [-0.25, -0.2) is 0 Å². The van der Waals surface area contributed by atoms with Crippen molar-refractivity contribution in [1.82, 2.24) is 4.90 Å². The summed E-state index contributed by atoms with van der Waals surface area (Å²) in [6.07, 6.45) is 2.93. The number of oxime groups is 1. The third-order valence-electron chi connectivity index (χ3n) is 6.53. The molecule has 1 aliphatic heterocycles. The van der Waals surface area contributed by atoms with Crippen LogP contribution in [0.5, 0.6) is 0 Å². The number of carbonyl (C=O) groups is 3. The second-order valence-corrected chi connectivity index (χ2v) is 8.45. The first-order chi connectivity index (χ1) is 16.0. The predicted octanol–water partition coefficient (Wildman–Crippen LogP) is 3.88. The van der Waals surface area contributed by atoms with Crippen molar-refractivity contribution >= 4 is 34.5 Å². The molecular weight excluding hydrogens is 424 g/mol. The topological polar surface area (TPSA) is 120 Å². The fourth-order valence-electron chi connectivity index (χ4n) is 4.77. The van der Waals surface area contributed by atoms with Gasteiger partial charge in [0.2, 0.25) is 0 Å². The highest BCUT2D eigenvalue weighted by Gasteiger charge is 2.36. The van der Waals surface area contributed by atoms with Gasteiger partial charge in [-0.2, -0.15) is 0 Å². The molecule has 0 unspecified atom stereocenters. The zero-order valence-corrected chi connectivity index (χ0v) is 17.8. The number of nitrogens with zero attached hydrogens (tertiary/aromatic N) is 2. The Morgan fingerprint density at radius 3 is 2.48 bits per heavy atom. The van der Waals surface area contributed by atoms with E-state index < -0.39 is 23.7 Å². The minimum absolute atomic E-state index is 0.0358. The van der Waals surface area contributed by atoms with Crippen molar-refractivity contribution in [3.63, 3.8) is 0 Å². The Bertz CT molecular complexity index is 1290. The standard InChI is InChI=1S/C25H22N2O6/c28-23-18-4-1-2-5-19(18)24(29)27(23)11-10-15(25(30)31)12-20(26-32)14-8-9-17-16-6-3-7-21(16)33-22(17)13-14/h1-2,4-5,8-9,13,15,32H,3,6-7,10-12H2,(H,30,31)/t15-/m0/s1. The van der Waals surface area contributed by atoms with Gasteiger partial charge >= 0.3 is 5.97 Å². The number of aryl methyl sites for hydroxylation is 2. The Balaban J connectivity index is 1.32. The van der Waals surface area contributed by atoms with E-state index in [1.807, 2.05) is 6.07 Å². The summed E-state index contributed by atoms with van der Waals surface area (Å²) in [5, 5.41) is 23.8. The van der Waals surface area contributed by atoms with Crippen LogP contribution in [-0.2, 0) is 17.6 Å². The number of aliphatic carboxylic acids is 1. The fraction of sp³-hybridized carbons (Fsp3) is 0.280. The van der Waals surface area contributed by atoms with Gasteiger partial charge in [0, 0.05) is 35.9 Å². The summed E-state index contributed by atoms with van der Waals surface area (Å²) in [5.74, 6) is -1.91. The maximum Gasteiger partial charge on any atom is 0.306 e. The second-order valence-electron chi connectivity index (χ2n) is 8.45. The van der Waals surface area contributed by atoms with Gasteiger partial charge in [-0.15, -0.1) is 0 Å². The van der Waals surface area contributed by atoms with Crippen molar-refractivity contribution in [2.24, 2.45) is 11.1 Å². The minimum Gasteiger partial charge on any atom is -0.481 e. The van der Waals surface area contributed by atoms with Gasteiger partial charge in [0.15, 0.2) is 0 Å². The van der Waals surface area contributed by atoms with Crippen LogP contribution in [0.2, 0.25) is 0 Å². The molecule has 2 heterocycles. The van der Waals surface area contributed by atoms with Gasteiger partial charge < -0.3 is 14.7 Å². The van der Waals surface area contributed by atoms with Crippen molar-refractivity contribution < 1.29 is 29.1 Å². The molecule has 8 heteroatoms. The van der Waals surface area contributed by atoms with Crippen molar-refractivity contribution in [1.29, 1.82) is 0 Å². The Morgan fingerprint density at radius 2 is 1.82 bits per heavy atom. The van der Waals surface area contributed by atoms with Crippen LogP contribution < -0.4 is 0 Å². The van der Waals surface area contributed by atoms with E-state index in [1.165, 1.54) is 5.56 Å². The number of fused-ring (bicyclic) bond motifs is 4. The number of amides is 2. The molecule has 1 aliphatic carbocycles. The molecule has 0 saturated carbocycles. The molecule has 33 heavy (non-hydrogen) atoms. The molecule has 0 radical (unpaired) electrons. The van der Waals surface area contributed by atoms with Crippen LogP contribution in [0.1, 0.15) is 56.9 Å². The molecule has 168 valence electrons. The fourth-order valence-corrected chi connectivity index (χ4v) is 4.77. The average molecular weight is 446 g/mol. The smallest absolute Gasteiger partial charge is 0.306 e. The van der Waals surface area contributed by atoms with E-state index >= 15 is 0 Å². The predicted molar refractivity (Wildman–Crippen MR) is 119 cm³/mol. The van der Waals surface area contributed by atoms with Crippen LogP contribution in [0.25, 0.3) is 11.0 Å². The van der Waals surface area contributed by atoms with Gasteiger partial charge in [0.05, 0.1) is 22.8 Å². The maximum atomic E-state index is 12.6. The monoisotopic (exact) mass is 446 g/mol. The van der Waals surface area contributed by atoms with Gasteiger partial charge in [-0.05, 0) is 37.5 Å². The lowest BCUT2D eigenvalue weighted by molar-refractivity contribution is -0.141. The molecule has 2 amide bonds. The lowest BCUT2D eigenvalue weighted by Crippen LogP contribution is -2.33. The number of furan rings is 1. The van der Waals surface area contributed by atoms with Crippen molar-refractivity contribution in [3.8, 4) is 0 Å². The number of carbonyl (C=O) groups excluding carboxylic acids is 2. The molecule has 1 atom stereocenters. The van der Waals surface area contributed by atoms with E-state index in [4.69, 9.17) is 4.42 Å². The number of rotatable bonds is 7. The molecule has 0 spiro atoms. The molecular formula is C25H22N2O6. The number of carboxylic acids is 1. The van der Waals surface area contributed by atoms with Gasteiger partial charge in [0.1, 0.15) is 11.3 Å². The van der Waals surface area contributed by atoms with Crippen molar-refractivity contribution in [2.75, 3.05) is 6.54 Å². The van der Waals surface area contributed by atoms with Crippen LogP contribution in [0.15, 0.2) is 52.0 Å². The molecule has 5 rings (SSSR count). The molecule has 2 aliphatic rings. The number of hydrogen-bond acceptors (Lipinski definition) is 6. The second kappa shape index (κ2) is 8.20. The quantitative estimate of drug-likeness (QED) is 0.246. The van der Waals surface area contributed by atoms with Gasteiger partial charge in [-0.3, -0.25) is 19.3 Å². The van der Waals surface area contributed by atoms with Crippen molar-refractivity contribution in [3.05, 3.63) is 70.5 Å². The first kappa shape index (κ1) is 20.9. The molecule has 8 nitrogen and oxygen atoms in total. The number of carboxylic acid groups (broad SMARTS) is 1. The maximum absolute atomic E-state index is 12.6. The molecule has 0 fully saturated rings. The van der Waals surface area contributed by atoms with Crippen LogP contribution in [0, 0.1) is 5.92 Å². The zero-order valence-electron chi connectivity index (χ0n) is 17.8. The van der Waals surface area contributed by atoms with Crippen LogP contribution >= 0.6 is 0 Å². The largest absolute Gasteiger partial charge is 0.481 e. The summed E-state index contributed by atoms with van der Waals surface area (Å²) in [7, 11) is 0. The Hall–Kier alpha value is -3.94. The van der Waals surface area contributed by atoms with E-state index in [9.17, 15) is 24.7 Å². The average Bonchev–Trinajstić information content (AvgIpc) is 3.47. The normalized spacial score (nSPS) is 16.4. The first-order valence-electron chi connectivity index (χ1n) is 10.9. The molecule has 2 N–H and O–H groups in total. The summed E-state index contributed by atoms with van der Waals surface area (Å²) >= 11 is 0. The first-order valence-corrected chi connectivity index (χ1v) is 10.9. The number of hydrogen-bond donors (Lipinski definition) is 2. The summed E-state index contributed by atoms with van der Waals surface area (Å²) in [4.78, 5) is 38.1. The Labute approximate surface area is 189 Å². The highest BCUT2D eigenvalue weighted by molar-refractivity contribution is 6.21. The van der Waals surface area contributed by atoms with E-state index in [0.717, 1.165) is 35.3 Å². The number of benzene rings is 2. The third-order valence-corrected chi connectivity index (χ3v) is 6.53. The van der Waals surface area contributed by atoms with Crippen molar-refractivity contribution in [2.45, 2.75) is 32.1 Å². The molecule has 3 aromatic rings. The van der Waals surface area contributed by atoms with E-state index in [0.29, 0.717) is 22.3 Å². The minimum atomic E-state index is -1.09. The van der Waals surface area contributed by atoms with Crippen LogP contribution in [0.4, 0.5) is 0 Å². The molecule has 1 aromatic heterocycles. The summed E-state index contributed by atoms with van der Waals surface area (Å²) in [5.41, 5.74) is 3.34. The molecule has 0 bridgehead atoms. The summed E-state index contributed by atoms with van der Waals surface area (Å²) < 4.78 is 5.93. The van der Waals surface area contributed by atoms with E-state index in [1.54, 1.807) is 36.4 Å². The Kier molecular flexibility index (Phi) is 5.20. The highest BCUT2D eigenvalue weighted by atomic mass is 16.4.